The number of nitrogens with zero attached hydrogens (tertiary/aromatic N) is 1. The first-order valence-corrected chi connectivity index (χ1v) is 10.5. The van der Waals surface area contributed by atoms with Crippen molar-refractivity contribution < 1.29 is 14.3 Å². The maximum absolute atomic E-state index is 12.7. The van der Waals surface area contributed by atoms with Gasteiger partial charge in [-0.05, 0) is 62.7 Å². The van der Waals surface area contributed by atoms with Crippen molar-refractivity contribution in [2.75, 3.05) is 25.0 Å². The molecule has 2 aromatic rings. The quantitative estimate of drug-likeness (QED) is 0.731. The SMILES string of the molecule is CC1CN(C(=O)c2ccc(NCC(=O)NC(C)c3ccc(Cl)cc3)cc2)CC(C)O1. The number of nitrogens with one attached hydrogen (secondary N) is 2. The van der Waals surface area contributed by atoms with Gasteiger partial charge in [-0.1, -0.05) is 23.7 Å². The average Bonchev–Trinajstić information content (AvgIpc) is 2.72. The van der Waals surface area contributed by atoms with Crippen molar-refractivity contribution in [3.05, 3.63) is 64.7 Å². The minimum Gasteiger partial charge on any atom is -0.376 e. The summed E-state index contributed by atoms with van der Waals surface area (Å²) in [5, 5.41) is 6.71. The van der Waals surface area contributed by atoms with Gasteiger partial charge in [0, 0.05) is 29.4 Å². The molecule has 2 aromatic carbocycles. The summed E-state index contributed by atoms with van der Waals surface area (Å²) in [4.78, 5) is 26.8. The summed E-state index contributed by atoms with van der Waals surface area (Å²) >= 11 is 5.90. The molecule has 0 aliphatic carbocycles. The Morgan fingerprint density at radius 1 is 1.07 bits per heavy atom. The number of benzene rings is 2. The molecule has 7 heteroatoms. The Labute approximate surface area is 182 Å². The van der Waals surface area contributed by atoms with Gasteiger partial charge in [-0.3, -0.25) is 9.59 Å². The van der Waals surface area contributed by atoms with Gasteiger partial charge in [-0.2, -0.15) is 0 Å². The van der Waals surface area contributed by atoms with Crippen LogP contribution in [0.4, 0.5) is 5.69 Å². The topological polar surface area (TPSA) is 70.7 Å². The third-order valence-corrected chi connectivity index (χ3v) is 5.29. The molecule has 0 aromatic heterocycles. The number of morpholine rings is 1. The van der Waals surface area contributed by atoms with E-state index in [-0.39, 0.29) is 36.6 Å². The lowest BCUT2D eigenvalue weighted by molar-refractivity contribution is -0.120. The zero-order valence-corrected chi connectivity index (χ0v) is 18.3. The second-order valence-corrected chi connectivity index (χ2v) is 8.18. The van der Waals surface area contributed by atoms with Crippen LogP contribution < -0.4 is 10.6 Å². The molecule has 1 heterocycles. The van der Waals surface area contributed by atoms with Crippen LogP contribution in [0.5, 0.6) is 0 Å². The van der Waals surface area contributed by atoms with E-state index in [1.807, 2.05) is 49.9 Å². The summed E-state index contributed by atoms with van der Waals surface area (Å²) in [5.74, 6) is -0.119. The predicted molar refractivity (Wildman–Crippen MR) is 119 cm³/mol. The van der Waals surface area contributed by atoms with Crippen LogP contribution in [-0.4, -0.2) is 48.6 Å². The number of anilines is 1. The molecule has 160 valence electrons. The standard InChI is InChI=1S/C23H28ClN3O3/c1-15-13-27(14-16(2)30-15)23(29)19-6-10-21(11-7-19)25-12-22(28)26-17(3)18-4-8-20(24)9-5-18/h4-11,15-17,25H,12-14H2,1-3H3,(H,26,28). The van der Waals surface area contributed by atoms with Crippen LogP contribution in [0, 0.1) is 0 Å². The molecule has 0 radical (unpaired) electrons. The van der Waals surface area contributed by atoms with E-state index < -0.39 is 0 Å². The molecule has 1 aliphatic rings. The van der Waals surface area contributed by atoms with E-state index >= 15 is 0 Å². The van der Waals surface area contributed by atoms with Crippen LogP contribution in [0.15, 0.2) is 48.5 Å². The molecule has 0 bridgehead atoms. The van der Waals surface area contributed by atoms with Gasteiger partial charge in [0.1, 0.15) is 0 Å². The molecule has 2 N–H and O–H groups in total. The van der Waals surface area contributed by atoms with Gasteiger partial charge in [0.2, 0.25) is 5.91 Å². The molecule has 3 atom stereocenters. The van der Waals surface area contributed by atoms with Crippen molar-refractivity contribution in [1.29, 1.82) is 0 Å². The molecule has 0 saturated carbocycles. The number of hydrogen-bond acceptors (Lipinski definition) is 4. The van der Waals surface area contributed by atoms with E-state index in [0.717, 1.165) is 11.3 Å². The van der Waals surface area contributed by atoms with Gasteiger partial charge in [-0.15, -0.1) is 0 Å². The Morgan fingerprint density at radius 2 is 1.67 bits per heavy atom. The Bertz CT molecular complexity index is 860. The molecule has 0 spiro atoms. The first-order chi connectivity index (χ1) is 14.3. The fourth-order valence-electron chi connectivity index (χ4n) is 3.57. The van der Waals surface area contributed by atoms with E-state index in [2.05, 4.69) is 10.6 Å². The molecule has 2 amide bonds. The molecular weight excluding hydrogens is 402 g/mol. The number of halogens is 1. The van der Waals surface area contributed by atoms with Gasteiger partial charge in [-0.25, -0.2) is 0 Å². The second-order valence-electron chi connectivity index (χ2n) is 7.74. The van der Waals surface area contributed by atoms with Crippen molar-refractivity contribution in [1.82, 2.24) is 10.2 Å². The lowest BCUT2D eigenvalue weighted by Crippen LogP contribution is -2.48. The van der Waals surface area contributed by atoms with E-state index in [9.17, 15) is 9.59 Å². The van der Waals surface area contributed by atoms with Crippen LogP contribution in [0.3, 0.4) is 0 Å². The summed E-state index contributed by atoms with van der Waals surface area (Å²) in [5.41, 5.74) is 2.40. The van der Waals surface area contributed by atoms with Crippen molar-refractivity contribution in [3.63, 3.8) is 0 Å². The first kappa shape index (κ1) is 22.1. The lowest BCUT2D eigenvalue weighted by atomic mass is 10.1. The van der Waals surface area contributed by atoms with Gasteiger partial charge < -0.3 is 20.3 Å². The predicted octanol–water partition coefficient (Wildman–Crippen LogP) is 3.88. The van der Waals surface area contributed by atoms with Crippen LogP contribution in [0.1, 0.15) is 42.7 Å². The Hall–Kier alpha value is -2.57. The van der Waals surface area contributed by atoms with E-state index in [1.54, 1.807) is 24.3 Å². The Morgan fingerprint density at radius 3 is 2.27 bits per heavy atom. The maximum Gasteiger partial charge on any atom is 0.254 e. The summed E-state index contributed by atoms with van der Waals surface area (Å²) in [7, 11) is 0. The number of amides is 2. The molecule has 1 fully saturated rings. The normalized spacial score (nSPS) is 19.8. The summed E-state index contributed by atoms with van der Waals surface area (Å²) < 4.78 is 5.69. The van der Waals surface area contributed by atoms with E-state index in [4.69, 9.17) is 16.3 Å². The van der Waals surface area contributed by atoms with E-state index in [1.165, 1.54) is 0 Å². The van der Waals surface area contributed by atoms with Crippen molar-refractivity contribution in [3.8, 4) is 0 Å². The second kappa shape index (κ2) is 9.96. The summed E-state index contributed by atoms with van der Waals surface area (Å²) in [6.45, 7) is 7.20. The number of rotatable bonds is 6. The van der Waals surface area contributed by atoms with E-state index in [0.29, 0.717) is 23.7 Å². The molecule has 30 heavy (non-hydrogen) atoms. The number of carbonyl (C=O) groups excluding carboxylic acids is 2. The molecule has 6 nitrogen and oxygen atoms in total. The third-order valence-electron chi connectivity index (χ3n) is 5.04. The van der Waals surface area contributed by atoms with Crippen LogP contribution in [-0.2, 0) is 9.53 Å². The zero-order valence-electron chi connectivity index (χ0n) is 17.5. The first-order valence-electron chi connectivity index (χ1n) is 10.2. The van der Waals surface area contributed by atoms with Crippen LogP contribution in [0.2, 0.25) is 5.02 Å². The van der Waals surface area contributed by atoms with Gasteiger partial charge >= 0.3 is 0 Å². The van der Waals surface area contributed by atoms with Gasteiger partial charge in [0.15, 0.2) is 0 Å². The Kier molecular flexibility index (Phi) is 7.34. The third kappa shape index (κ3) is 5.97. The van der Waals surface area contributed by atoms with Crippen LogP contribution in [0.25, 0.3) is 0 Å². The summed E-state index contributed by atoms with van der Waals surface area (Å²) in [6, 6.07) is 14.5. The largest absolute Gasteiger partial charge is 0.376 e. The van der Waals surface area contributed by atoms with Crippen molar-refractivity contribution in [2.24, 2.45) is 0 Å². The number of hydrogen-bond donors (Lipinski definition) is 2. The molecule has 3 unspecified atom stereocenters. The molecular formula is C23H28ClN3O3. The molecule has 1 saturated heterocycles. The van der Waals surface area contributed by atoms with Gasteiger partial charge in [0.25, 0.3) is 5.91 Å². The van der Waals surface area contributed by atoms with Crippen molar-refractivity contribution in [2.45, 2.75) is 39.0 Å². The molecule has 3 rings (SSSR count). The fourth-order valence-corrected chi connectivity index (χ4v) is 3.69. The highest BCUT2D eigenvalue weighted by Gasteiger charge is 2.26. The average molecular weight is 430 g/mol. The van der Waals surface area contributed by atoms with Gasteiger partial charge in [0.05, 0.1) is 24.8 Å². The Balaban J connectivity index is 1.50. The smallest absolute Gasteiger partial charge is 0.254 e. The lowest BCUT2D eigenvalue weighted by Gasteiger charge is -2.35. The highest BCUT2D eigenvalue weighted by molar-refractivity contribution is 6.30. The van der Waals surface area contributed by atoms with Crippen LogP contribution >= 0.6 is 11.6 Å². The monoisotopic (exact) mass is 429 g/mol. The number of ether oxygens (including phenoxy) is 1. The zero-order chi connectivity index (χ0) is 21.7. The number of carbonyl (C=O) groups is 2. The highest BCUT2D eigenvalue weighted by atomic mass is 35.5. The minimum atomic E-state index is -0.117. The fraction of sp³-hybridized carbons (Fsp3) is 0.391. The molecule has 1 aliphatic heterocycles. The minimum absolute atomic E-state index is 0.00178. The summed E-state index contributed by atoms with van der Waals surface area (Å²) in [6.07, 6.45) is 0.0693. The highest BCUT2D eigenvalue weighted by Crippen LogP contribution is 2.17. The van der Waals surface area contributed by atoms with Crippen molar-refractivity contribution >= 4 is 29.1 Å². The maximum atomic E-state index is 12.7.